The third-order valence-corrected chi connectivity index (χ3v) is 12.4. The molecule has 0 atom stereocenters. The molecule has 3 amide bonds. The highest BCUT2D eigenvalue weighted by Crippen LogP contribution is 2.35. The van der Waals surface area contributed by atoms with E-state index in [-0.39, 0.29) is 37.9 Å². The van der Waals surface area contributed by atoms with Crippen LogP contribution in [0.5, 0.6) is 0 Å². The van der Waals surface area contributed by atoms with Gasteiger partial charge < -0.3 is 30.4 Å². The molecule has 2 heterocycles. The predicted molar refractivity (Wildman–Crippen MR) is 292 cm³/mol. The number of aliphatic hydroxyl groups excluding tert-OH is 1. The van der Waals surface area contributed by atoms with Crippen molar-refractivity contribution in [2.45, 2.75) is 66.2 Å². The Labute approximate surface area is 429 Å². The van der Waals surface area contributed by atoms with Gasteiger partial charge in [0.1, 0.15) is 11.7 Å². The standard InChI is InChI=1S/C58H68N8O7/c1-7-21-65(22-8-2)57(71)50-31-46-15-11-42(33-52(46)60-54(59)35-50)41-14-18-49(38-69)45(30-41)20-26-64(6)56(70)39-73-62-55-36-51(58(72)66(23-9-3)24-10-4)32-47-16-12-43(34-53(47)61-55)40-13-17-48(37-68)44(29-40)19-25-63(5)27-28-67/h11-20,25-26,29-34,37-38,67H,7-10,21-24,27-28,35-36,39H2,1-6H3,(H2,59,60)(H,61,62)/b25-19-,26-20-. The molecule has 2 aliphatic rings. The highest BCUT2D eigenvalue weighted by atomic mass is 16.6. The average molecular weight is 989 g/mol. The van der Waals surface area contributed by atoms with Crippen molar-refractivity contribution in [2.75, 3.05) is 60.0 Å². The number of aliphatic hydroxyl groups is 1. The van der Waals surface area contributed by atoms with Crippen molar-refractivity contribution < 1.29 is 33.9 Å². The van der Waals surface area contributed by atoms with Crippen LogP contribution in [-0.2, 0) is 19.2 Å². The van der Waals surface area contributed by atoms with Crippen molar-refractivity contribution in [1.29, 1.82) is 0 Å². The molecule has 4 aromatic rings. The Morgan fingerprint density at radius 2 is 1.10 bits per heavy atom. The van der Waals surface area contributed by atoms with Crippen molar-refractivity contribution in [2.24, 2.45) is 15.7 Å². The summed E-state index contributed by atoms with van der Waals surface area (Å²) in [6.45, 7) is 10.8. The van der Waals surface area contributed by atoms with Crippen LogP contribution >= 0.6 is 0 Å². The van der Waals surface area contributed by atoms with Crippen LogP contribution in [0.4, 0.5) is 11.4 Å². The molecular formula is C58H68N8O7. The maximum atomic E-state index is 14.1. The number of aldehydes is 2. The van der Waals surface area contributed by atoms with Gasteiger partial charge in [0.25, 0.3) is 5.91 Å². The zero-order chi connectivity index (χ0) is 52.4. The second-order valence-electron chi connectivity index (χ2n) is 18.1. The molecule has 0 saturated carbocycles. The summed E-state index contributed by atoms with van der Waals surface area (Å²) in [7, 11) is 3.43. The number of likely N-dealkylation sites (N-methyl/N-ethyl adjacent to an activating group) is 2. The van der Waals surface area contributed by atoms with Crippen molar-refractivity contribution in [3.05, 3.63) is 130 Å². The molecule has 15 nitrogen and oxygen atoms in total. The number of nitrogens with zero attached hydrogens (tertiary/aromatic N) is 6. The summed E-state index contributed by atoms with van der Waals surface area (Å²) < 4.78 is 0. The first-order valence-electron chi connectivity index (χ1n) is 25.0. The molecular weight excluding hydrogens is 921 g/mol. The Balaban J connectivity index is 1.20. The van der Waals surface area contributed by atoms with Gasteiger partial charge in [-0.3, -0.25) is 34.3 Å². The molecule has 73 heavy (non-hydrogen) atoms. The monoisotopic (exact) mass is 989 g/mol. The first-order chi connectivity index (χ1) is 35.3. The largest absolute Gasteiger partial charge is 0.395 e. The third kappa shape index (κ3) is 14.5. The molecule has 382 valence electrons. The van der Waals surface area contributed by atoms with E-state index in [1.165, 1.54) is 4.90 Å². The fourth-order valence-electron chi connectivity index (χ4n) is 8.58. The molecule has 0 radical (unpaired) electrons. The van der Waals surface area contributed by atoms with Gasteiger partial charge in [0.15, 0.2) is 19.2 Å². The van der Waals surface area contributed by atoms with Crippen LogP contribution in [0.15, 0.2) is 106 Å². The molecule has 0 bridgehead atoms. The summed E-state index contributed by atoms with van der Waals surface area (Å²) in [5, 5.41) is 9.33. The Morgan fingerprint density at radius 3 is 1.59 bits per heavy atom. The highest BCUT2D eigenvalue weighted by molar-refractivity contribution is 6.07. The normalized spacial score (nSPS) is 13.1. The maximum Gasteiger partial charge on any atom is 0.254 e. The van der Waals surface area contributed by atoms with Gasteiger partial charge in [0.05, 0.1) is 18.0 Å². The van der Waals surface area contributed by atoms with Crippen LogP contribution < -0.4 is 11.2 Å². The Kier molecular flexibility index (Phi) is 19.9. The number of amidine groups is 2. The Morgan fingerprint density at radius 1 is 0.630 bits per heavy atom. The smallest absolute Gasteiger partial charge is 0.254 e. The molecule has 0 spiro atoms. The van der Waals surface area contributed by atoms with Gasteiger partial charge in [-0.15, -0.1) is 0 Å². The maximum absolute atomic E-state index is 14.1. The van der Waals surface area contributed by atoms with Gasteiger partial charge in [0, 0.05) is 99.3 Å². The quantitative estimate of drug-likeness (QED) is 0.0477. The number of nitrogens with two attached hydrogens (primary N) is 1. The minimum atomic E-state index is -0.404. The SMILES string of the molecule is CCCN(CCC)C(=O)C1=Cc2ccc(-c3ccc(C=O)c(/C=C\N(C)C(=O)CONC4=Nc5cc(-c6ccc(C=O)c(/C=C\N(C)CCO)c6)ccc5C=C(C(=O)N(CCC)CCC)C4)c3)cc2N=C(N)C1. The number of hydroxylamine groups is 1. The average Bonchev–Trinajstić information content (AvgIpc) is 3.69. The molecule has 15 heteroatoms. The van der Waals surface area contributed by atoms with Gasteiger partial charge in [-0.25, -0.2) is 9.98 Å². The molecule has 0 saturated heterocycles. The van der Waals surface area contributed by atoms with Crippen LogP contribution in [0.25, 0.3) is 46.6 Å². The predicted octanol–water partition coefficient (Wildman–Crippen LogP) is 9.08. The fraction of sp³-hybridized carbons (Fsp3) is 0.328. The topological polar surface area (TPSA) is 191 Å². The Bertz CT molecular complexity index is 2850. The zero-order valence-corrected chi connectivity index (χ0v) is 42.9. The first-order valence-corrected chi connectivity index (χ1v) is 25.0. The summed E-state index contributed by atoms with van der Waals surface area (Å²) in [5.74, 6) is 0.127. The lowest BCUT2D eigenvalue weighted by atomic mass is 9.97. The second-order valence-corrected chi connectivity index (χ2v) is 18.1. The number of benzene rings is 4. The van der Waals surface area contributed by atoms with Gasteiger partial charge in [-0.05, 0) is 114 Å². The number of aliphatic imine (C=N–C) groups is 2. The van der Waals surface area contributed by atoms with E-state index in [9.17, 15) is 29.1 Å². The molecule has 4 aromatic carbocycles. The zero-order valence-electron chi connectivity index (χ0n) is 42.9. The number of rotatable bonds is 23. The molecule has 0 aliphatic carbocycles. The summed E-state index contributed by atoms with van der Waals surface area (Å²) in [6, 6.07) is 22.5. The molecule has 0 aromatic heterocycles. The lowest BCUT2D eigenvalue weighted by Gasteiger charge is -2.23. The molecule has 0 fully saturated rings. The number of nitrogens with one attached hydrogen (secondary N) is 1. The summed E-state index contributed by atoms with van der Waals surface area (Å²) in [5.41, 5.74) is 18.6. The number of hydrogen-bond acceptors (Lipinski definition) is 12. The van der Waals surface area contributed by atoms with Crippen molar-refractivity contribution in [3.63, 3.8) is 0 Å². The van der Waals surface area contributed by atoms with E-state index >= 15 is 0 Å². The number of amides is 3. The first kappa shape index (κ1) is 54.6. The van der Waals surface area contributed by atoms with E-state index in [0.717, 1.165) is 71.6 Å². The van der Waals surface area contributed by atoms with Gasteiger partial charge >= 0.3 is 0 Å². The minimum absolute atomic E-state index is 0.00244. The number of fused-ring (bicyclic) bond motifs is 2. The van der Waals surface area contributed by atoms with Gasteiger partial charge in [0.2, 0.25) is 11.8 Å². The van der Waals surface area contributed by atoms with Gasteiger partial charge in [-0.2, -0.15) is 0 Å². The van der Waals surface area contributed by atoms with Crippen molar-refractivity contribution >= 4 is 77.6 Å². The van der Waals surface area contributed by atoms with Crippen LogP contribution in [0.2, 0.25) is 0 Å². The Hall–Kier alpha value is -7.75. The van der Waals surface area contributed by atoms with Crippen LogP contribution in [-0.4, -0.2) is 127 Å². The van der Waals surface area contributed by atoms with E-state index in [4.69, 9.17) is 15.6 Å². The van der Waals surface area contributed by atoms with Gasteiger partial charge in [-0.1, -0.05) is 76.2 Å². The van der Waals surface area contributed by atoms with E-state index < -0.39 is 5.91 Å². The van der Waals surface area contributed by atoms with Crippen molar-refractivity contribution in [1.82, 2.24) is 25.1 Å². The van der Waals surface area contributed by atoms with E-state index in [0.29, 0.717) is 89.2 Å². The van der Waals surface area contributed by atoms with Crippen molar-refractivity contribution in [3.8, 4) is 22.3 Å². The summed E-state index contributed by atoms with van der Waals surface area (Å²) in [4.78, 5) is 87.6. The number of carbonyl (C=O) groups excluding carboxylic acids is 5. The van der Waals surface area contributed by atoms with E-state index in [2.05, 4.69) is 24.3 Å². The summed E-state index contributed by atoms with van der Waals surface area (Å²) in [6.07, 6.45) is 15.9. The highest BCUT2D eigenvalue weighted by Gasteiger charge is 2.24. The lowest BCUT2D eigenvalue weighted by Crippen LogP contribution is -2.36. The van der Waals surface area contributed by atoms with Crippen LogP contribution in [0, 0.1) is 0 Å². The molecule has 2 aliphatic heterocycles. The third-order valence-electron chi connectivity index (χ3n) is 12.4. The summed E-state index contributed by atoms with van der Waals surface area (Å²) >= 11 is 0. The van der Waals surface area contributed by atoms with E-state index in [1.807, 2.05) is 121 Å². The van der Waals surface area contributed by atoms with E-state index in [1.54, 1.807) is 31.5 Å². The number of carbonyl (C=O) groups is 5. The second kappa shape index (κ2) is 26.6. The lowest BCUT2D eigenvalue weighted by molar-refractivity contribution is -0.134. The van der Waals surface area contributed by atoms with Crippen LogP contribution in [0.1, 0.15) is 109 Å². The number of hydrogen-bond donors (Lipinski definition) is 3. The molecule has 6 rings (SSSR count). The van der Waals surface area contributed by atoms with Crippen LogP contribution in [0.3, 0.4) is 0 Å². The molecule has 4 N–H and O–H groups in total. The minimum Gasteiger partial charge on any atom is -0.395 e. The fourth-order valence-corrected chi connectivity index (χ4v) is 8.58. The molecule has 0 unspecified atom stereocenters.